The molecule has 0 bridgehead atoms. The largest absolute Gasteiger partial charge is 0.496 e. The van der Waals surface area contributed by atoms with Crippen LogP contribution in [0.5, 0.6) is 5.75 Å². The van der Waals surface area contributed by atoms with Crippen molar-refractivity contribution in [3.05, 3.63) is 65.4 Å². The van der Waals surface area contributed by atoms with E-state index in [1.807, 2.05) is 0 Å². The number of carbonyl (C=O) groups is 1. The van der Waals surface area contributed by atoms with Crippen molar-refractivity contribution in [2.75, 3.05) is 18.6 Å². The molecule has 7 heteroatoms. The van der Waals surface area contributed by atoms with Crippen molar-refractivity contribution in [2.24, 2.45) is 5.92 Å². The van der Waals surface area contributed by atoms with Crippen molar-refractivity contribution >= 4 is 31.4 Å². The predicted octanol–water partition coefficient (Wildman–Crippen LogP) is 11.0. The first-order chi connectivity index (χ1) is 22.4. The summed E-state index contributed by atoms with van der Waals surface area (Å²) in [4.78, 5) is 18.6. The summed E-state index contributed by atoms with van der Waals surface area (Å²) >= 11 is 1.59. The molecule has 3 aliphatic rings. The lowest BCUT2D eigenvalue weighted by atomic mass is 9.77. The molecule has 1 amide bonds. The molecule has 3 saturated carbocycles. The van der Waals surface area contributed by atoms with Gasteiger partial charge in [0.25, 0.3) is 5.91 Å². The van der Waals surface area contributed by atoms with Gasteiger partial charge in [-0.1, -0.05) is 64.3 Å². The van der Waals surface area contributed by atoms with E-state index in [-0.39, 0.29) is 10.9 Å². The van der Waals surface area contributed by atoms with Gasteiger partial charge in [0.1, 0.15) is 11.4 Å². The summed E-state index contributed by atoms with van der Waals surface area (Å²) in [5.74, 6) is 2.79. The standard InChI is InChI=1S/C40H56N2O3SSi/c1-28-24-32(20-21-36(28)44-5)30-16-14-29(15-17-30)27-42(34-13-11-12-33(25-34)37-26-35(41-46-37)31-18-19-31)38(43)40(22-9-8-10-23-40)45-47(6,7)39(2,3)4/h11-13,20-21,24-26,29-31H,8-10,14-19,22-23,27H2,1-7H3. The number of methoxy groups -OCH3 is 1. The van der Waals surface area contributed by atoms with Crippen LogP contribution in [-0.4, -0.2) is 37.9 Å². The Morgan fingerprint density at radius 3 is 2.30 bits per heavy atom. The van der Waals surface area contributed by atoms with Crippen molar-refractivity contribution in [2.45, 2.75) is 134 Å². The Labute approximate surface area is 288 Å². The summed E-state index contributed by atoms with van der Waals surface area (Å²) in [6.45, 7) is 14.4. The zero-order chi connectivity index (χ0) is 33.4. The van der Waals surface area contributed by atoms with E-state index in [1.54, 1.807) is 18.6 Å². The SMILES string of the molecule is COc1ccc(C2CCC(CN(C(=O)C3(O[Si](C)(C)C(C)(C)C)CCCCC3)c3cccc(-c4cc(C5CC5)ns4)c3)CC2)cc1C. The summed E-state index contributed by atoms with van der Waals surface area (Å²) < 4.78 is 17.6. The molecule has 0 N–H and O–H groups in total. The van der Waals surface area contributed by atoms with Gasteiger partial charge in [-0.2, -0.15) is 4.37 Å². The lowest BCUT2D eigenvalue weighted by Gasteiger charge is -2.48. The van der Waals surface area contributed by atoms with Crippen LogP contribution in [0, 0.1) is 12.8 Å². The van der Waals surface area contributed by atoms with Crippen LogP contribution in [0.1, 0.15) is 120 Å². The van der Waals surface area contributed by atoms with Crippen LogP contribution in [0.4, 0.5) is 5.69 Å². The minimum absolute atomic E-state index is 0.0338. The van der Waals surface area contributed by atoms with E-state index in [0.717, 1.165) is 74.9 Å². The molecule has 6 rings (SSSR count). The smallest absolute Gasteiger partial charge is 0.258 e. The van der Waals surface area contributed by atoms with E-state index in [0.29, 0.717) is 17.8 Å². The molecule has 1 aromatic heterocycles. The van der Waals surface area contributed by atoms with E-state index in [9.17, 15) is 0 Å². The van der Waals surface area contributed by atoms with Gasteiger partial charge in [0.05, 0.1) is 17.7 Å². The first-order valence-electron chi connectivity index (χ1n) is 18.1. The molecule has 254 valence electrons. The number of carbonyl (C=O) groups excluding carboxylic acids is 1. The first kappa shape index (κ1) is 34.4. The molecule has 0 radical (unpaired) electrons. The van der Waals surface area contributed by atoms with Gasteiger partial charge in [0.15, 0.2) is 8.32 Å². The summed E-state index contributed by atoms with van der Waals surface area (Å²) in [6, 6.07) is 17.7. The van der Waals surface area contributed by atoms with Crippen LogP contribution in [0.15, 0.2) is 48.5 Å². The van der Waals surface area contributed by atoms with Gasteiger partial charge in [0, 0.05) is 18.2 Å². The van der Waals surface area contributed by atoms with Gasteiger partial charge in [-0.15, -0.1) is 0 Å². The molecule has 1 heterocycles. The number of hydrogen-bond donors (Lipinski definition) is 0. The van der Waals surface area contributed by atoms with Gasteiger partial charge in [-0.25, -0.2) is 0 Å². The molecule has 0 aliphatic heterocycles. The summed E-state index contributed by atoms with van der Waals surface area (Å²) in [5.41, 5.74) is 5.27. The molecule has 3 aliphatic carbocycles. The number of amides is 1. The third-order valence-corrected chi connectivity index (χ3v) is 17.1. The molecule has 3 fully saturated rings. The van der Waals surface area contributed by atoms with Crippen LogP contribution in [0.25, 0.3) is 10.4 Å². The fourth-order valence-electron chi connectivity index (χ4n) is 7.59. The molecule has 47 heavy (non-hydrogen) atoms. The summed E-state index contributed by atoms with van der Waals surface area (Å²) in [7, 11) is -0.470. The van der Waals surface area contributed by atoms with Crippen LogP contribution < -0.4 is 9.64 Å². The number of anilines is 1. The highest BCUT2D eigenvalue weighted by atomic mass is 32.1. The number of nitrogens with zero attached hydrogens (tertiary/aromatic N) is 2. The summed E-state index contributed by atoms with van der Waals surface area (Å²) in [5, 5.41) is 0.0338. The zero-order valence-electron chi connectivity index (χ0n) is 29.9. The fraction of sp³-hybridized carbons (Fsp3) is 0.600. The average molecular weight is 673 g/mol. The van der Waals surface area contributed by atoms with Gasteiger partial charge >= 0.3 is 0 Å². The third kappa shape index (κ3) is 7.57. The van der Waals surface area contributed by atoms with E-state index in [2.05, 4.69) is 94.2 Å². The Morgan fingerprint density at radius 2 is 1.66 bits per heavy atom. The molecule has 5 nitrogen and oxygen atoms in total. The van der Waals surface area contributed by atoms with Crippen molar-refractivity contribution < 1.29 is 14.0 Å². The predicted molar refractivity (Wildman–Crippen MR) is 198 cm³/mol. The summed E-state index contributed by atoms with van der Waals surface area (Å²) in [6.07, 6.45) is 11.9. The monoisotopic (exact) mass is 672 g/mol. The second-order valence-corrected chi connectivity index (χ2v) is 21.8. The van der Waals surface area contributed by atoms with E-state index >= 15 is 4.79 Å². The van der Waals surface area contributed by atoms with E-state index in [4.69, 9.17) is 13.5 Å². The second-order valence-electron chi connectivity index (χ2n) is 16.2. The van der Waals surface area contributed by atoms with Crippen LogP contribution in [0.3, 0.4) is 0 Å². The highest BCUT2D eigenvalue weighted by Crippen LogP contribution is 2.46. The van der Waals surface area contributed by atoms with E-state index in [1.165, 1.54) is 41.0 Å². The fourth-order valence-corrected chi connectivity index (χ4v) is 9.98. The Hall–Kier alpha value is -2.48. The first-order valence-corrected chi connectivity index (χ1v) is 21.8. The van der Waals surface area contributed by atoms with Crippen molar-refractivity contribution in [3.63, 3.8) is 0 Å². The maximum Gasteiger partial charge on any atom is 0.258 e. The normalized spacial score (nSPS) is 21.8. The molecule has 0 unspecified atom stereocenters. The lowest BCUT2D eigenvalue weighted by Crippen LogP contribution is -2.59. The van der Waals surface area contributed by atoms with Crippen molar-refractivity contribution in [1.29, 1.82) is 0 Å². The number of rotatable bonds is 10. The van der Waals surface area contributed by atoms with Crippen molar-refractivity contribution in [1.82, 2.24) is 4.37 Å². The number of ether oxygens (including phenoxy) is 1. The maximum absolute atomic E-state index is 15.2. The molecule has 2 aromatic carbocycles. The van der Waals surface area contributed by atoms with E-state index < -0.39 is 13.9 Å². The Bertz CT molecular complexity index is 1540. The average Bonchev–Trinajstić information content (AvgIpc) is 3.79. The van der Waals surface area contributed by atoms with Crippen LogP contribution in [0.2, 0.25) is 18.1 Å². The van der Waals surface area contributed by atoms with Crippen LogP contribution in [-0.2, 0) is 9.22 Å². The Balaban J connectivity index is 1.29. The van der Waals surface area contributed by atoms with Gasteiger partial charge < -0.3 is 14.1 Å². The number of hydrogen-bond acceptors (Lipinski definition) is 5. The molecule has 3 aromatic rings. The second kappa shape index (κ2) is 13.8. The topological polar surface area (TPSA) is 51.7 Å². The molecule has 0 atom stereocenters. The van der Waals surface area contributed by atoms with Crippen molar-refractivity contribution in [3.8, 4) is 16.2 Å². The van der Waals surface area contributed by atoms with Gasteiger partial charge in [0.2, 0.25) is 0 Å². The third-order valence-electron chi connectivity index (χ3n) is 11.7. The minimum Gasteiger partial charge on any atom is -0.496 e. The quantitative estimate of drug-likeness (QED) is 0.201. The Morgan fingerprint density at radius 1 is 0.957 bits per heavy atom. The van der Waals surface area contributed by atoms with Gasteiger partial charge in [-0.05, 0) is 141 Å². The van der Waals surface area contributed by atoms with Gasteiger partial charge in [-0.3, -0.25) is 4.79 Å². The molecular formula is C40H56N2O3SSi. The minimum atomic E-state index is -2.21. The molecular weight excluding hydrogens is 617 g/mol. The number of benzene rings is 2. The van der Waals surface area contributed by atoms with Crippen LogP contribution >= 0.6 is 11.5 Å². The molecule has 0 saturated heterocycles. The highest BCUT2D eigenvalue weighted by molar-refractivity contribution is 7.09. The maximum atomic E-state index is 15.2. The molecule has 0 spiro atoms. The highest BCUT2D eigenvalue weighted by Gasteiger charge is 2.51. The number of aromatic nitrogens is 1. The zero-order valence-corrected chi connectivity index (χ0v) is 31.7. The Kier molecular flexibility index (Phi) is 10.1. The number of aryl methyl sites for hydroxylation is 1. The lowest BCUT2D eigenvalue weighted by molar-refractivity contribution is -0.138.